The first-order valence-electron chi connectivity index (χ1n) is 6.46. The number of fused-ring (bicyclic) bond motifs is 1. The maximum absolute atomic E-state index is 8.99. The van der Waals surface area contributed by atoms with E-state index < -0.39 is 0 Å². The van der Waals surface area contributed by atoms with Crippen LogP contribution in [0.2, 0.25) is 0 Å². The molecule has 1 aromatic carbocycles. The number of aryl methyl sites for hydroxylation is 1. The van der Waals surface area contributed by atoms with Crippen LogP contribution in [0, 0.1) is 28.1 Å². The van der Waals surface area contributed by atoms with Crippen molar-refractivity contribution in [3.05, 3.63) is 36.0 Å². The summed E-state index contributed by atoms with van der Waals surface area (Å²) in [5.74, 6) is 0. The van der Waals surface area contributed by atoms with Gasteiger partial charge >= 0.3 is 0 Å². The van der Waals surface area contributed by atoms with Crippen LogP contribution in [0.5, 0.6) is 0 Å². The summed E-state index contributed by atoms with van der Waals surface area (Å²) in [5, 5.41) is 19.0. The molecule has 1 heterocycles. The van der Waals surface area contributed by atoms with Gasteiger partial charge in [0.05, 0.1) is 23.1 Å². The first-order valence-corrected chi connectivity index (χ1v) is 6.46. The minimum absolute atomic E-state index is 0.253. The summed E-state index contributed by atoms with van der Waals surface area (Å²) >= 11 is 0. The van der Waals surface area contributed by atoms with Gasteiger partial charge in [0.1, 0.15) is 0 Å². The second kappa shape index (κ2) is 5.16. The van der Waals surface area contributed by atoms with Crippen LogP contribution in [0.1, 0.15) is 32.3 Å². The molecule has 0 aliphatic heterocycles. The summed E-state index contributed by atoms with van der Waals surface area (Å²) in [7, 11) is 0. The Bertz CT molecular complexity index is 665. The van der Waals surface area contributed by atoms with Crippen LogP contribution < -0.4 is 0 Å². The molecule has 0 saturated heterocycles. The van der Waals surface area contributed by atoms with Crippen molar-refractivity contribution < 1.29 is 0 Å². The summed E-state index contributed by atoms with van der Waals surface area (Å²) in [6.07, 6.45) is 3.91. The van der Waals surface area contributed by atoms with Crippen molar-refractivity contribution in [1.82, 2.24) is 4.57 Å². The number of rotatable bonds is 4. The van der Waals surface area contributed by atoms with E-state index >= 15 is 0 Å². The summed E-state index contributed by atoms with van der Waals surface area (Å²) in [6, 6.07) is 12.3. The van der Waals surface area contributed by atoms with Crippen molar-refractivity contribution in [1.29, 1.82) is 10.5 Å². The molecule has 96 valence electrons. The van der Waals surface area contributed by atoms with Gasteiger partial charge in [0.15, 0.2) is 0 Å². The number of nitrogens with zero attached hydrogens (tertiary/aromatic N) is 3. The summed E-state index contributed by atoms with van der Waals surface area (Å²) in [6.45, 7) is 4.85. The molecule has 0 aliphatic carbocycles. The first-order chi connectivity index (χ1) is 9.05. The van der Waals surface area contributed by atoms with Gasteiger partial charge in [-0.05, 0) is 51.0 Å². The third-order valence-electron chi connectivity index (χ3n) is 3.40. The third kappa shape index (κ3) is 2.95. The molecule has 0 atom stereocenters. The Labute approximate surface area is 113 Å². The van der Waals surface area contributed by atoms with Crippen molar-refractivity contribution in [3.8, 4) is 12.1 Å². The zero-order valence-corrected chi connectivity index (χ0v) is 11.3. The van der Waals surface area contributed by atoms with Crippen molar-refractivity contribution in [2.24, 2.45) is 5.41 Å². The lowest BCUT2D eigenvalue weighted by Crippen LogP contribution is -2.09. The zero-order chi connectivity index (χ0) is 13.9. The van der Waals surface area contributed by atoms with E-state index in [0.717, 1.165) is 30.3 Å². The molecular formula is C16H17N3. The van der Waals surface area contributed by atoms with Gasteiger partial charge in [0, 0.05) is 23.6 Å². The van der Waals surface area contributed by atoms with E-state index in [4.69, 9.17) is 10.5 Å². The van der Waals surface area contributed by atoms with Gasteiger partial charge in [0.2, 0.25) is 0 Å². The van der Waals surface area contributed by atoms with Crippen molar-refractivity contribution in [3.63, 3.8) is 0 Å². The van der Waals surface area contributed by atoms with Gasteiger partial charge in [-0.25, -0.2) is 0 Å². The molecule has 0 spiro atoms. The fourth-order valence-electron chi connectivity index (χ4n) is 2.21. The molecule has 0 unspecified atom stereocenters. The van der Waals surface area contributed by atoms with Gasteiger partial charge in [-0.2, -0.15) is 10.5 Å². The predicted molar refractivity (Wildman–Crippen MR) is 75.3 cm³/mol. The monoisotopic (exact) mass is 251 g/mol. The van der Waals surface area contributed by atoms with E-state index in [0.29, 0.717) is 5.56 Å². The van der Waals surface area contributed by atoms with E-state index in [1.165, 1.54) is 0 Å². The van der Waals surface area contributed by atoms with E-state index in [1.54, 1.807) is 0 Å². The standard InChI is InChI=1S/C16H17N3/c1-16(2,12-18)7-3-8-19-9-6-14-10-13(11-17)4-5-15(14)19/h4-6,9-10H,3,7-8H2,1-2H3. The second-order valence-corrected chi connectivity index (χ2v) is 5.49. The van der Waals surface area contributed by atoms with Crippen LogP contribution in [0.25, 0.3) is 10.9 Å². The Morgan fingerprint density at radius 1 is 1.21 bits per heavy atom. The largest absolute Gasteiger partial charge is 0.347 e. The number of hydrogen-bond acceptors (Lipinski definition) is 2. The summed E-state index contributed by atoms with van der Waals surface area (Å²) < 4.78 is 2.18. The average Bonchev–Trinajstić information content (AvgIpc) is 2.81. The van der Waals surface area contributed by atoms with Crippen LogP contribution in [0.4, 0.5) is 0 Å². The van der Waals surface area contributed by atoms with Gasteiger partial charge in [-0.1, -0.05) is 0 Å². The number of nitriles is 2. The van der Waals surface area contributed by atoms with Crippen molar-refractivity contribution >= 4 is 10.9 Å². The predicted octanol–water partition coefficient (Wildman–Crippen LogP) is 3.84. The SMILES string of the molecule is CC(C)(C#N)CCCn1ccc2cc(C#N)ccc21. The van der Waals surface area contributed by atoms with Gasteiger partial charge in [-0.15, -0.1) is 0 Å². The molecule has 0 radical (unpaired) electrons. The molecule has 2 rings (SSSR count). The Balaban J connectivity index is 2.11. The van der Waals surface area contributed by atoms with Crippen molar-refractivity contribution in [2.45, 2.75) is 33.2 Å². The fourth-order valence-corrected chi connectivity index (χ4v) is 2.21. The lowest BCUT2D eigenvalue weighted by atomic mass is 9.90. The lowest BCUT2D eigenvalue weighted by Gasteiger charge is -2.15. The highest BCUT2D eigenvalue weighted by molar-refractivity contribution is 5.81. The first kappa shape index (κ1) is 13.2. The highest BCUT2D eigenvalue weighted by Crippen LogP contribution is 2.23. The zero-order valence-electron chi connectivity index (χ0n) is 11.3. The van der Waals surface area contributed by atoms with Crippen LogP contribution >= 0.6 is 0 Å². The molecular weight excluding hydrogens is 234 g/mol. The Hall–Kier alpha value is -2.26. The van der Waals surface area contributed by atoms with Crippen molar-refractivity contribution in [2.75, 3.05) is 0 Å². The minimum Gasteiger partial charge on any atom is -0.347 e. The molecule has 0 fully saturated rings. The molecule has 1 aromatic heterocycles. The van der Waals surface area contributed by atoms with Crippen LogP contribution in [0.3, 0.4) is 0 Å². The van der Waals surface area contributed by atoms with E-state index in [9.17, 15) is 0 Å². The van der Waals surface area contributed by atoms with Crippen LogP contribution in [-0.4, -0.2) is 4.57 Å². The summed E-state index contributed by atoms with van der Waals surface area (Å²) in [5.41, 5.74) is 1.58. The Morgan fingerprint density at radius 3 is 2.68 bits per heavy atom. The average molecular weight is 251 g/mol. The van der Waals surface area contributed by atoms with Gasteiger partial charge in [0.25, 0.3) is 0 Å². The topological polar surface area (TPSA) is 52.5 Å². The lowest BCUT2D eigenvalue weighted by molar-refractivity contribution is 0.418. The number of aromatic nitrogens is 1. The van der Waals surface area contributed by atoms with E-state index in [1.807, 2.05) is 44.3 Å². The minimum atomic E-state index is -0.253. The molecule has 0 bridgehead atoms. The molecule has 2 aromatic rings. The molecule has 0 aliphatic rings. The second-order valence-electron chi connectivity index (χ2n) is 5.49. The highest BCUT2D eigenvalue weighted by Gasteiger charge is 2.15. The van der Waals surface area contributed by atoms with E-state index in [-0.39, 0.29) is 5.41 Å². The number of hydrogen-bond donors (Lipinski definition) is 0. The van der Waals surface area contributed by atoms with Gasteiger partial charge < -0.3 is 4.57 Å². The Morgan fingerprint density at radius 2 is 2.00 bits per heavy atom. The number of benzene rings is 1. The summed E-state index contributed by atoms with van der Waals surface area (Å²) in [4.78, 5) is 0. The maximum Gasteiger partial charge on any atom is 0.0991 e. The fraction of sp³-hybridized carbons (Fsp3) is 0.375. The van der Waals surface area contributed by atoms with Crippen LogP contribution in [-0.2, 0) is 6.54 Å². The van der Waals surface area contributed by atoms with E-state index in [2.05, 4.69) is 16.7 Å². The molecule has 0 saturated carbocycles. The molecule has 3 nitrogen and oxygen atoms in total. The van der Waals surface area contributed by atoms with Gasteiger partial charge in [-0.3, -0.25) is 0 Å². The normalized spacial score (nSPS) is 11.2. The quantitative estimate of drug-likeness (QED) is 0.828. The van der Waals surface area contributed by atoms with Crippen LogP contribution in [0.15, 0.2) is 30.5 Å². The molecule has 0 amide bonds. The molecule has 0 N–H and O–H groups in total. The Kier molecular flexibility index (Phi) is 3.58. The smallest absolute Gasteiger partial charge is 0.0991 e. The highest BCUT2D eigenvalue weighted by atomic mass is 14.9. The molecule has 19 heavy (non-hydrogen) atoms. The maximum atomic E-state index is 8.99. The third-order valence-corrected chi connectivity index (χ3v) is 3.40. The molecule has 3 heteroatoms.